The predicted octanol–water partition coefficient (Wildman–Crippen LogP) is 3.74. The number of rotatable bonds is 5. The van der Waals surface area contributed by atoms with Gasteiger partial charge in [0.1, 0.15) is 6.54 Å². The topological polar surface area (TPSA) is 52.7 Å². The first kappa shape index (κ1) is 20.3. The third-order valence-electron chi connectivity index (χ3n) is 4.79. The summed E-state index contributed by atoms with van der Waals surface area (Å²) in [6.45, 7) is 11.5. The fourth-order valence-corrected chi connectivity index (χ4v) is 3.37. The molecule has 1 aromatic carbocycles. The van der Waals surface area contributed by atoms with Crippen LogP contribution in [0.25, 0.3) is 0 Å². The van der Waals surface area contributed by atoms with Crippen LogP contribution in [-0.2, 0) is 11.2 Å². The van der Waals surface area contributed by atoms with E-state index in [0.717, 1.165) is 19.3 Å². The molecular weight excluding hydrogens is 326 g/mol. The molecule has 5 nitrogen and oxygen atoms in total. The summed E-state index contributed by atoms with van der Waals surface area (Å²) in [7, 11) is 0. The molecule has 2 rings (SSSR count). The Kier molecular flexibility index (Phi) is 6.68. The second kappa shape index (κ2) is 8.56. The SMILES string of the molecule is CCCCN(CC(=O)N1CCc2ccccc2C1C)C(=O)NC(C)(C)C. The highest BCUT2D eigenvalue weighted by Gasteiger charge is 2.29. The molecule has 0 aromatic heterocycles. The van der Waals surface area contributed by atoms with Gasteiger partial charge in [-0.15, -0.1) is 0 Å². The molecule has 1 N–H and O–H groups in total. The number of nitrogens with one attached hydrogen (secondary N) is 1. The monoisotopic (exact) mass is 359 g/mol. The highest BCUT2D eigenvalue weighted by atomic mass is 16.2. The number of urea groups is 1. The number of amides is 3. The summed E-state index contributed by atoms with van der Waals surface area (Å²) in [6, 6.07) is 8.19. The van der Waals surface area contributed by atoms with Gasteiger partial charge in [0.25, 0.3) is 0 Å². The Balaban J connectivity index is 2.08. The fourth-order valence-electron chi connectivity index (χ4n) is 3.37. The molecule has 0 bridgehead atoms. The van der Waals surface area contributed by atoms with E-state index in [-0.39, 0.29) is 30.1 Å². The van der Waals surface area contributed by atoms with Crippen molar-refractivity contribution in [3.05, 3.63) is 35.4 Å². The molecule has 1 heterocycles. The molecule has 1 aliphatic rings. The van der Waals surface area contributed by atoms with Crippen molar-refractivity contribution in [2.45, 2.75) is 65.5 Å². The molecule has 26 heavy (non-hydrogen) atoms. The molecule has 1 aliphatic heterocycles. The smallest absolute Gasteiger partial charge is 0.318 e. The van der Waals surface area contributed by atoms with Gasteiger partial charge in [-0.2, -0.15) is 0 Å². The van der Waals surface area contributed by atoms with Crippen LogP contribution in [0.1, 0.15) is 64.6 Å². The molecule has 1 aromatic rings. The van der Waals surface area contributed by atoms with Crippen molar-refractivity contribution in [1.29, 1.82) is 0 Å². The minimum atomic E-state index is -0.318. The number of unbranched alkanes of at least 4 members (excludes halogenated alkanes) is 1. The summed E-state index contributed by atoms with van der Waals surface area (Å²) in [5, 5.41) is 2.98. The van der Waals surface area contributed by atoms with Crippen molar-refractivity contribution in [2.75, 3.05) is 19.6 Å². The second-order valence-electron chi connectivity index (χ2n) is 8.17. The van der Waals surface area contributed by atoms with E-state index in [4.69, 9.17) is 0 Å². The van der Waals surface area contributed by atoms with Gasteiger partial charge in [0, 0.05) is 18.6 Å². The van der Waals surface area contributed by atoms with E-state index < -0.39 is 0 Å². The van der Waals surface area contributed by atoms with Gasteiger partial charge in [0.15, 0.2) is 0 Å². The molecule has 0 saturated heterocycles. The Bertz CT molecular complexity index is 636. The molecule has 0 fully saturated rings. The van der Waals surface area contributed by atoms with Crippen LogP contribution in [0.3, 0.4) is 0 Å². The van der Waals surface area contributed by atoms with Gasteiger partial charge in [-0.05, 0) is 51.7 Å². The van der Waals surface area contributed by atoms with Gasteiger partial charge in [-0.25, -0.2) is 4.79 Å². The van der Waals surface area contributed by atoms with Crippen LogP contribution in [0.15, 0.2) is 24.3 Å². The standard InChI is InChI=1S/C21H33N3O2/c1-6-7-13-23(20(26)22-21(3,4)5)15-19(25)24-14-12-17-10-8-9-11-18(17)16(24)2/h8-11,16H,6-7,12-15H2,1-5H3,(H,22,26). The zero-order valence-corrected chi connectivity index (χ0v) is 16.8. The molecule has 5 heteroatoms. The molecule has 1 unspecified atom stereocenters. The van der Waals surface area contributed by atoms with Crippen molar-refractivity contribution >= 4 is 11.9 Å². The summed E-state index contributed by atoms with van der Waals surface area (Å²) in [5.74, 6) is 0.0205. The van der Waals surface area contributed by atoms with Gasteiger partial charge in [-0.1, -0.05) is 37.6 Å². The van der Waals surface area contributed by atoms with E-state index in [0.29, 0.717) is 13.1 Å². The lowest BCUT2D eigenvalue weighted by atomic mass is 9.93. The summed E-state index contributed by atoms with van der Waals surface area (Å²) in [5.41, 5.74) is 2.21. The first-order valence-corrected chi connectivity index (χ1v) is 9.67. The van der Waals surface area contributed by atoms with E-state index in [1.54, 1.807) is 4.90 Å². The number of carbonyl (C=O) groups is 2. The number of carbonyl (C=O) groups excluding carboxylic acids is 2. The predicted molar refractivity (Wildman–Crippen MR) is 105 cm³/mol. The van der Waals surface area contributed by atoms with Crippen molar-refractivity contribution in [3.8, 4) is 0 Å². The van der Waals surface area contributed by atoms with E-state index in [2.05, 4.69) is 31.3 Å². The van der Waals surface area contributed by atoms with Gasteiger partial charge < -0.3 is 15.1 Å². The Morgan fingerprint density at radius 1 is 1.27 bits per heavy atom. The lowest BCUT2D eigenvalue weighted by Gasteiger charge is -2.37. The minimum Gasteiger partial charge on any atom is -0.334 e. The molecule has 3 amide bonds. The lowest BCUT2D eigenvalue weighted by molar-refractivity contribution is -0.134. The zero-order valence-electron chi connectivity index (χ0n) is 16.8. The van der Waals surface area contributed by atoms with Gasteiger partial charge in [0.2, 0.25) is 5.91 Å². The van der Waals surface area contributed by atoms with Crippen molar-refractivity contribution in [2.24, 2.45) is 0 Å². The van der Waals surface area contributed by atoms with Crippen LogP contribution in [0.4, 0.5) is 4.79 Å². The first-order valence-electron chi connectivity index (χ1n) is 9.67. The van der Waals surface area contributed by atoms with Gasteiger partial charge in [0.05, 0.1) is 6.04 Å². The Morgan fingerprint density at radius 3 is 2.62 bits per heavy atom. The number of nitrogens with zero attached hydrogens (tertiary/aromatic N) is 2. The number of benzene rings is 1. The van der Waals surface area contributed by atoms with E-state index in [1.165, 1.54) is 11.1 Å². The van der Waals surface area contributed by atoms with Crippen LogP contribution < -0.4 is 5.32 Å². The molecule has 1 atom stereocenters. The summed E-state index contributed by atoms with van der Waals surface area (Å²) in [6.07, 6.45) is 2.75. The highest BCUT2D eigenvalue weighted by Crippen LogP contribution is 2.29. The molecule has 144 valence electrons. The molecular formula is C21H33N3O2. The lowest BCUT2D eigenvalue weighted by Crippen LogP contribution is -2.52. The van der Waals surface area contributed by atoms with Crippen molar-refractivity contribution < 1.29 is 9.59 Å². The maximum Gasteiger partial charge on any atom is 0.318 e. The molecule has 0 aliphatic carbocycles. The fraction of sp³-hybridized carbons (Fsp3) is 0.619. The average Bonchev–Trinajstić information content (AvgIpc) is 2.57. The number of hydrogen-bond acceptors (Lipinski definition) is 2. The quantitative estimate of drug-likeness (QED) is 0.871. The highest BCUT2D eigenvalue weighted by molar-refractivity contribution is 5.84. The second-order valence-corrected chi connectivity index (χ2v) is 8.17. The minimum absolute atomic E-state index is 0.0205. The molecule has 0 spiro atoms. The van der Waals surface area contributed by atoms with Gasteiger partial charge in [-0.3, -0.25) is 4.79 Å². The Hall–Kier alpha value is -2.04. The summed E-state index contributed by atoms with van der Waals surface area (Å²) >= 11 is 0. The largest absolute Gasteiger partial charge is 0.334 e. The van der Waals surface area contributed by atoms with Crippen molar-refractivity contribution in [1.82, 2.24) is 15.1 Å². The van der Waals surface area contributed by atoms with Crippen LogP contribution in [0.2, 0.25) is 0 Å². The maximum atomic E-state index is 13.0. The number of fused-ring (bicyclic) bond motifs is 1. The first-order chi connectivity index (χ1) is 12.2. The van der Waals surface area contributed by atoms with Crippen molar-refractivity contribution in [3.63, 3.8) is 0 Å². The summed E-state index contributed by atoms with van der Waals surface area (Å²) in [4.78, 5) is 29.1. The average molecular weight is 360 g/mol. The third-order valence-corrected chi connectivity index (χ3v) is 4.79. The van der Waals surface area contributed by atoms with E-state index in [9.17, 15) is 9.59 Å². The van der Waals surface area contributed by atoms with Crippen LogP contribution in [0.5, 0.6) is 0 Å². The van der Waals surface area contributed by atoms with Crippen LogP contribution in [-0.4, -0.2) is 46.9 Å². The van der Waals surface area contributed by atoms with Crippen LogP contribution >= 0.6 is 0 Å². The Labute approximate surface area is 157 Å². The van der Waals surface area contributed by atoms with Crippen LogP contribution in [0, 0.1) is 0 Å². The van der Waals surface area contributed by atoms with E-state index in [1.807, 2.05) is 37.8 Å². The molecule has 0 saturated carbocycles. The third kappa shape index (κ3) is 5.23. The molecule has 0 radical (unpaired) electrons. The number of hydrogen-bond donors (Lipinski definition) is 1. The van der Waals surface area contributed by atoms with Gasteiger partial charge >= 0.3 is 6.03 Å². The zero-order chi connectivity index (χ0) is 19.3. The Morgan fingerprint density at radius 2 is 1.96 bits per heavy atom. The van der Waals surface area contributed by atoms with E-state index >= 15 is 0 Å². The summed E-state index contributed by atoms with van der Waals surface area (Å²) < 4.78 is 0. The maximum absolute atomic E-state index is 13.0. The normalized spacial score (nSPS) is 16.8.